The van der Waals surface area contributed by atoms with Crippen LogP contribution in [0.5, 0.6) is 0 Å². The molecule has 21 heavy (non-hydrogen) atoms. The summed E-state index contributed by atoms with van der Waals surface area (Å²) in [4.78, 5) is 22.6. The largest absolute Gasteiger partial charge is 0.478 e. The second-order valence-electron chi connectivity index (χ2n) is 5.50. The molecule has 2 rings (SSSR count). The zero-order valence-electron chi connectivity index (χ0n) is 12.1. The monoisotopic (exact) mass is 290 g/mol. The predicted octanol–water partition coefficient (Wildman–Crippen LogP) is 1.43. The lowest BCUT2D eigenvalue weighted by Gasteiger charge is -2.21. The molecule has 3 N–H and O–H groups in total. The Morgan fingerprint density at radius 3 is 2.48 bits per heavy atom. The molecule has 0 bridgehead atoms. The molecule has 0 radical (unpaired) electrons. The maximum atomic E-state index is 11.8. The summed E-state index contributed by atoms with van der Waals surface area (Å²) < 4.78 is 0. The Balaban J connectivity index is 1.68. The molecular formula is C16H22N2O3. The topological polar surface area (TPSA) is 78.4 Å². The van der Waals surface area contributed by atoms with E-state index in [4.69, 9.17) is 5.11 Å². The van der Waals surface area contributed by atoms with Gasteiger partial charge in [-0.05, 0) is 56.0 Å². The first-order chi connectivity index (χ1) is 10.1. The molecule has 0 spiro atoms. The fourth-order valence-corrected chi connectivity index (χ4v) is 2.58. The number of hydrogen-bond acceptors (Lipinski definition) is 3. The zero-order chi connectivity index (χ0) is 15.1. The molecule has 0 aromatic heterocycles. The van der Waals surface area contributed by atoms with Crippen molar-refractivity contribution in [1.29, 1.82) is 0 Å². The zero-order valence-corrected chi connectivity index (χ0v) is 12.1. The Kier molecular flexibility index (Phi) is 5.75. The summed E-state index contributed by atoms with van der Waals surface area (Å²) in [5.74, 6) is -0.304. The van der Waals surface area contributed by atoms with Gasteiger partial charge in [-0.2, -0.15) is 0 Å². The van der Waals surface area contributed by atoms with E-state index in [0.717, 1.165) is 37.9 Å². The van der Waals surface area contributed by atoms with Crippen LogP contribution in [0.25, 0.3) is 0 Å². The van der Waals surface area contributed by atoms with E-state index in [0.29, 0.717) is 18.9 Å². The van der Waals surface area contributed by atoms with Gasteiger partial charge in [0, 0.05) is 13.0 Å². The number of rotatable bonds is 6. The van der Waals surface area contributed by atoms with Gasteiger partial charge in [0.15, 0.2) is 0 Å². The lowest BCUT2D eigenvalue weighted by Crippen LogP contribution is -2.33. The van der Waals surface area contributed by atoms with Gasteiger partial charge in [0.05, 0.1) is 5.56 Å². The highest BCUT2D eigenvalue weighted by molar-refractivity contribution is 5.87. The van der Waals surface area contributed by atoms with Gasteiger partial charge in [-0.3, -0.25) is 4.79 Å². The van der Waals surface area contributed by atoms with Crippen LogP contribution in [-0.4, -0.2) is 36.6 Å². The number of nitrogens with one attached hydrogen (secondary N) is 2. The number of carbonyl (C=O) groups excluding carboxylic acids is 1. The number of carboxylic acids is 1. The number of aromatic carboxylic acids is 1. The minimum atomic E-state index is -0.920. The van der Waals surface area contributed by atoms with Crippen LogP contribution in [0.4, 0.5) is 0 Å². The molecule has 1 heterocycles. The number of amides is 1. The smallest absolute Gasteiger partial charge is 0.335 e. The Morgan fingerprint density at radius 1 is 1.19 bits per heavy atom. The SMILES string of the molecule is O=C(CC1CCNCC1)NCCc1ccc(C(=O)O)cc1. The molecule has 1 aliphatic rings. The van der Waals surface area contributed by atoms with Crippen molar-refractivity contribution in [2.75, 3.05) is 19.6 Å². The minimum absolute atomic E-state index is 0.115. The second-order valence-corrected chi connectivity index (χ2v) is 5.50. The number of piperidine rings is 1. The second kappa shape index (κ2) is 7.78. The minimum Gasteiger partial charge on any atom is -0.478 e. The molecule has 5 heteroatoms. The molecule has 1 aromatic rings. The summed E-state index contributed by atoms with van der Waals surface area (Å²) in [6.07, 6.45) is 3.48. The molecule has 1 fully saturated rings. The number of benzene rings is 1. The maximum Gasteiger partial charge on any atom is 0.335 e. The molecule has 114 valence electrons. The molecule has 0 unspecified atom stereocenters. The third-order valence-corrected chi connectivity index (χ3v) is 3.87. The van der Waals surface area contributed by atoms with E-state index in [9.17, 15) is 9.59 Å². The van der Waals surface area contributed by atoms with Crippen molar-refractivity contribution in [3.8, 4) is 0 Å². The third-order valence-electron chi connectivity index (χ3n) is 3.87. The number of hydrogen-bond donors (Lipinski definition) is 3. The number of carboxylic acid groups (broad SMARTS) is 1. The van der Waals surface area contributed by atoms with Gasteiger partial charge in [-0.1, -0.05) is 12.1 Å². The van der Waals surface area contributed by atoms with E-state index in [1.54, 1.807) is 24.3 Å². The van der Waals surface area contributed by atoms with E-state index in [1.165, 1.54) is 0 Å². The highest BCUT2D eigenvalue weighted by Crippen LogP contribution is 2.15. The molecule has 1 amide bonds. The summed E-state index contributed by atoms with van der Waals surface area (Å²) >= 11 is 0. The van der Waals surface area contributed by atoms with Crippen molar-refractivity contribution < 1.29 is 14.7 Å². The summed E-state index contributed by atoms with van der Waals surface area (Å²) in [5.41, 5.74) is 1.32. The van der Waals surface area contributed by atoms with Gasteiger partial charge in [0.1, 0.15) is 0 Å². The van der Waals surface area contributed by atoms with Gasteiger partial charge >= 0.3 is 5.97 Å². The van der Waals surface area contributed by atoms with Crippen LogP contribution in [0.1, 0.15) is 35.2 Å². The Bertz CT molecular complexity index is 479. The first-order valence-electron chi connectivity index (χ1n) is 7.45. The first-order valence-corrected chi connectivity index (χ1v) is 7.45. The molecule has 0 aliphatic carbocycles. The van der Waals surface area contributed by atoms with Gasteiger partial charge in [-0.25, -0.2) is 4.79 Å². The lowest BCUT2D eigenvalue weighted by molar-refractivity contribution is -0.122. The van der Waals surface area contributed by atoms with Crippen molar-refractivity contribution in [3.63, 3.8) is 0 Å². The standard InChI is InChI=1S/C16H22N2O3/c19-15(11-13-5-8-17-9-6-13)18-10-7-12-1-3-14(4-2-12)16(20)21/h1-4,13,17H,5-11H2,(H,18,19)(H,20,21). The Labute approximate surface area is 124 Å². The quantitative estimate of drug-likeness (QED) is 0.740. The highest BCUT2D eigenvalue weighted by Gasteiger charge is 2.16. The molecule has 0 atom stereocenters. The fourth-order valence-electron chi connectivity index (χ4n) is 2.58. The van der Waals surface area contributed by atoms with Crippen LogP contribution >= 0.6 is 0 Å². The van der Waals surface area contributed by atoms with Gasteiger partial charge < -0.3 is 15.7 Å². The average molecular weight is 290 g/mol. The molecule has 1 saturated heterocycles. The van der Waals surface area contributed by atoms with Crippen molar-refractivity contribution in [2.45, 2.75) is 25.7 Å². The van der Waals surface area contributed by atoms with Crippen LogP contribution in [0.2, 0.25) is 0 Å². The molecule has 1 aromatic carbocycles. The summed E-state index contributed by atoms with van der Waals surface area (Å²) in [6, 6.07) is 6.77. The van der Waals surface area contributed by atoms with Crippen LogP contribution in [0.3, 0.4) is 0 Å². The number of carbonyl (C=O) groups is 2. The van der Waals surface area contributed by atoms with Crippen molar-refractivity contribution in [2.24, 2.45) is 5.92 Å². The van der Waals surface area contributed by atoms with E-state index in [1.807, 2.05) is 0 Å². The van der Waals surface area contributed by atoms with E-state index >= 15 is 0 Å². The molecule has 5 nitrogen and oxygen atoms in total. The van der Waals surface area contributed by atoms with E-state index in [2.05, 4.69) is 10.6 Å². The average Bonchev–Trinajstić information content (AvgIpc) is 2.49. The third kappa shape index (κ3) is 5.19. The maximum absolute atomic E-state index is 11.8. The predicted molar refractivity (Wildman–Crippen MR) is 80.3 cm³/mol. The lowest BCUT2D eigenvalue weighted by atomic mass is 9.94. The molecule has 1 aliphatic heterocycles. The van der Waals surface area contributed by atoms with Crippen molar-refractivity contribution >= 4 is 11.9 Å². The van der Waals surface area contributed by atoms with E-state index in [-0.39, 0.29) is 11.5 Å². The van der Waals surface area contributed by atoms with Crippen LogP contribution < -0.4 is 10.6 Å². The van der Waals surface area contributed by atoms with Crippen LogP contribution in [-0.2, 0) is 11.2 Å². The summed E-state index contributed by atoms with van der Waals surface area (Å²) in [5, 5.41) is 15.1. The normalized spacial score (nSPS) is 15.6. The molecular weight excluding hydrogens is 268 g/mol. The van der Waals surface area contributed by atoms with Gasteiger partial charge in [0.2, 0.25) is 5.91 Å². The Morgan fingerprint density at radius 2 is 1.86 bits per heavy atom. The van der Waals surface area contributed by atoms with Crippen molar-refractivity contribution in [3.05, 3.63) is 35.4 Å². The first kappa shape index (κ1) is 15.5. The fraction of sp³-hybridized carbons (Fsp3) is 0.500. The van der Waals surface area contributed by atoms with Crippen LogP contribution in [0, 0.1) is 5.92 Å². The van der Waals surface area contributed by atoms with E-state index < -0.39 is 5.97 Å². The van der Waals surface area contributed by atoms with Crippen LogP contribution in [0.15, 0.2) is 24.3 Å². The van der Waals surface area contributed by atoms with Gasteiger partial charge in [0.25, 0.3) is 0 Å². The summed E-state index contributed by atoms with van der Waals surface area (Å²) in [7, 11) is 0. The van der Waals surface area contributed by atoms with Gasteiger partial charge in [-0.15, -0.1) is 0 Å². The molecule has 0 saturated carbocycles. The summed E-state index contributed by atoms with van der Waals surface area (Å²) in [6.45, 7) is 2.61. The van der Waals surface area contributed by atoms with Crippen molar-refractivity contribution in [1.82, 2.24) is 10.6 Å². The highest BCUT2D eigenvalue weighted by atomic mass is 16.4. The Hall–Kier alpha value is -1.88.